The lowest BCUT2D eigenvalue weighted by Crippen LogP contribution is -2.57. The smallest absolute Gasteiger partial charge is 0.257 e. The van der Waals surface area contributed by atoms with Crippen molar-refractivity contribution in [1.82, 2.24) is 15.1 Å². The van der Waals surface area contributed by atoms with E-state index in [1.54, 1.807) is 32.4 Å². The van der Waals surface area contributed by atoms with Crippen LogP contribution in [0.25, 0.3) is 0 Å². The average Bonchev–Trinajstić information content (AvgIpc) is 2.67. The standard InChI is InChI=1S/C18H25N3O4/c1-24-14-5-6-16(25-2)15(10-14)18(23)20-8-3-4-13(12-20)21-9-7-19-11-17(21)22/h5-6,10,13,19H,3-4,7-9,11-12H2,1-2H3. The summed E-state index contributed by atoms with van der Waals surface area (Å²) in [5, 5.41) is 3.09. The number of likely N-dealkylation sites (tertiary alicyclic amines) is 1. The van der Waals surface area contributed by atoms with Crippen LogP contribution < -0.4 is 14.8 Å². The van der Waals surface area contributed by atoms with Gasteiger partial charge in [0.15, 0.2) is 0 Å². The molecular weight excluding hydrogens is 322 g/mol. The quantitative estimate of drug-likeness (QED) is 0.870. The van der Waals surface area contributed by atoms with Crippen molar-refractivity contribution >= 4 is 11.8 Å². The third-order valence-electron chi connectivity index (χ3n) is 4.89. The minimum Gasteiger partial charge on any atom is -0.497 e. The first-order valence-corrected chi connectivity index (χ1v) is 8.65. The van der Waals surface area contributed by atoms with E-state index in [1.165, 1.54) is 0 Å². The van der Waals surface area contributed by atoms with Crippen molar-refractivity contribution < 1.29 is 19.1 Å². The van der Waals surface area contributed by atoms with E-state index >= 15 is 0 Å². The zero-order valence-corrected chi connectivity index (χ0v) is 14.8. The van der Waals surface area contributed by atoms with Gasteiger partial charge in [-0.1, -0.05) is 0 Å². The van der Waals surface area contributed by atoms with Crippen molar-refractivity contribution in [1.29, 1.82) is 0 Å². The van der Waals surface area contributed by atoms with Gasteiger partial charge in [-0.2, -0.15) is 0 Å². The van der Waals surface area contributed by atoms with Gasteiger partial charge < -0.3 is 24.6 Å². The van der Waals surface area contributed by atoms with Gasteiger partial charge in [-0.3, -0.25) is 9.59 Å². The van der Waals surface area contributed by atoms with Gasteiger partial charge in [-0.15, -0.1) is 0 Å². The molecule has 1 aromatic carbocycles. The lowest BCUT2D eigenvalue weighted by atomic mass is 10.0. The number of rotatable bonds is 4. The van der Waals surface area contributed by atoms with Gasteiger partial charge in [0, 0.05) is 32.2 Å². The fraction of sp³-hybridized carbons (Fsp3) is 0.556. The minimum absolute atomic E-state index is 0.0805. The Morgan fingerprint density at radius 2 is 2.08 bits per heavy atom. The second-order valence-corrected chi connectivity index (χ2v) is 6.38. The van der Waals surface area contributed by atoms with E-state index in [0.717, 1.165) is 19.4 Å². The Balaban J connectivity index is 1.77. The summed E-state index contributed by atoms with van der Waals surface area (Å²) in [6.45, 7) is 3.14. The van der Waals surface area contributed by atoms with Crippen LogP contribution in [0.2, 0.25) is 0 Å². The van der Waals surface area contributed by atoms with Gasteiger partial charge in [-0.05, 0) is 31.0 Å². The Morgan fingerprint density at radius 3 is 2.80 bits per heavy atom. The molecule has 1 aromatic rings. The second kappa shape index (κ2) is 7.74. The van der Waals surface area contributed by atoms with Crippen LogP contribution in [0.5, 0.6) is 11.5 Å². The van der Waals surface area contributed by atoms with Crippen LogP contribution in [-0.4, -0.2) is 74.6 Å². The summed E-state index contributed by atoms with van der Waals surface area (Å²) in [5.74, 6) is 1.19. The molecule has 7 nitrogen and oxygen atoms in total. The van der Waals surface area contributed by atoms with Crippen molar-refractivity contribution in [2.75, 3.05) is 46.9 Å². The number of benzene rings is 1. The van der Waals surface area contributed by atoms with Crippen LogP contribution in [0.4, 0.5) is 0 Å². The molecule has 2 heterocycles. The van der Waals surface area contributed by atoms with Crippen LogP contribution >= 0.6 is 0 Å². The maximum atomic E-state index is 13.0. The van der Waals surface area contributed by atoms with Gasteiger partial charge in [-0.25, -0.2) is 0 Å². The zero-order valence-electron chi connectivity index (χ0n) is 14.8. The topological polar surface area (TPSA) is 71.1 Å². The molecule has 1 N–H and O–H groups in total. The molecule has 0 bridgehead atoms. The van der Waals surface area contributed by atoms with Gasteiger partial charge in [0.2, 0.25) is 5.91 Å². The van der Waals surface area contributed by atoms with Gasteiger partial charge >= 0.3 is 0 Å². The molecule has 136 valence electrons. The number of carbonyl (C=O) groups is 2. The Labute approximate surface area is 147 Å². The highest BCUT2D eigenvalue weighted by Crippen LogP contribution is 2.27. The lowest BCUT2D eigenvalue weighted by Gasteiger charge is -2.41. The normalized spacial score (nSPS) is 21.2. The summed E-state index contributed by atoms with van der Waals surface area (Å²) in [6, 6.07) is 5.31. The zero-order chi connectivity index (χ0) is 17.8. The average molecular weight is 347 g/mol. The van der Waals surface area contributed by atoms with Crippen LogP contribution in [-0.2, 0) is 4.79 Å². The van der Waals surface area contributed by atoms with E-state index in [1.807, 2.05) is 9.80 Å². The molecule has 2 fully saturated rings. The fourth-order valence-corrected chi connectivity index (χ4v) is 3.55. The highest BCUT2D eigenvalue weighted by Gasteiger charge is 2.32. The predicted molar refractivity (Wildman–Crippen MR) is 93.1 cm³/mol. The molecule has 0 saturated carbocycles. The number of ether oxygens (including phenoxy) is 2. The van der Waals surface area contributed by atoms with Crippen LogP contribution in [0, 0.1) is 0 Å². The van der Waals surface area contributed by atoms with Crippen molar-refractivity contribution in [2.24, 2.45) is 0 Å². The number of piperazine rings is 1. The van der Waals surface area contributed by atoms with Crippen LogP contribution in [0.15, 0.2) is 18.2 Å². The fourth-order valence-electron chi connectivity index (χ4n) is 3.55. The number of amides is 2. The lowest BCUT2D eigenvalue weighted by molar-refractivity contribution is -0.135. The number of hydrogen-bond acceptors (Lipinski definition) is 5. The largest absolute Gasteiger partial charge is 0.497 e. The maximum Gasteiger partial charge on any atom is 0.257 e. The number of hydrogen-bond donors (Lipinski definition) is 1. The van der Waals surface area contributed by atoms with Gasteiger partial charge in [0.05, 0.1) is 26.3 Å². The van der Waals surface area contributed by atoms with Gasteiger partial charge in [0.25, 0.3) is 5.91 Å². The first-order chi connectivity index (χ1) is 12.1. The summed E-state index contributed by atoms with van der Waals surface area (Å²) in [7, 11) is 3.12. The van der Waals surface area contributed by atoms with Crippen LogP contribution in [0.3, 0.4) is 0 Å². The molecule has 7 heteroatoms. The van der Waals surface area contributed by atoms with E-state index in [9.17, 15) is 9.59 Å². The van der Waals surface area contributed by atoms with Crippen LogP contribution in [0.1, 0.15) is 23.2 Å². The molecule has 2 aliphatic rings. The summed E-state index contributed by atoms with van der Waals surface area (Å²) in [6.07, 6.45) is 1.82. The van der Waals surface area contributed by atoms with Gasteiger partial charge in [0.1, 0.15) is 11.5 Å². The molecule has 0 spiro atoms. The van der Waals surface area contributed by atoms with Crippen molar-refractivity contribution in [3.8, 4) is 11.5 Å². The van der Waals surface area contributed by atoms with E-state index in [0.29, 0.717) is 43.2 Å². The third kappa shape index (κ3) is 3.71. The summed E-state index contributed by atoms with van der Waals surface area (Å²) in [5.41, 5.74) is 0.495. The molecular formula is C18H25N3O4. The predicted octanol–water partition coefficient (Wildman–Crippen LogP) is 0.740. The molecule has 0 aliphatic carbocycles. The summed E-state index contributed by atoms with van der Waals surface area (Å²) < 4.78 is 10.6. The third-order valence-corrected chi connectivity index (χ3v) is 4.89. The number of carbonyl (C=O) groups excluding carboxylic acids is 2. The monoisotopic (exact) mass is 347 g/mol. The maximum absolute atomic E-state index is 13.0. The molecule has 3 rings (SSSR count). The van der Waals surface area contributed by atoms with E-state index in [2.05, 4.69) is 5.32 Å². The molecule has 2 saturated heterocycles. The molecule has 0 aromatic heterocycles. The molecule has 0 radical (unpaired) electrons. The Morgan fingerprint density at radius 1 is 1.24 bits per heavy atom. The number of nitrogens with zero attached hydrogens (tertiary/aromatic N) is 2. The minimum atomic E-state index is -0.0805. The Hall–Kier alpha value is -2.28. The van der Waals surface area contributed by atoms with E-state index < -0.39 is 0 Å². The van der Waals surface area contributed by atoms with Crippen molar-refractivity contribution in [3.63, 3.8) is 0 Å². The van der Waals surface area contributed by atoms with Crippen molar-refractivity contribution in [3.05, 3.63) is 23.8 Å². The first kappa shape index (κ1) is 17.5. The Bertz CT molecular complexity index is 649. The molecule has 1 atom stereocenters. The molecule has 2 amide bonds. The van der Waals surface area contributed by atoms with E-state index in [-0.39, 0.29) is 17.9 Å². The van der Waals surface area contributed by atoms with Crippen molar-refractivity contribution in [2.45, 2.75) is 18.9 Å². The summed E-state index contributed by atoms with van der Waals surface area (Å²) in [4.78, 5) is 28.9. The molecule has 2 aliphatic heterocycles. The first-order valence-electron chi connectivity index (χ1n) is 8.65. The number of methoxy groups -OCH3 is 2. The number of piperidine rings is 1. The summed E-state index contributed by atoms with van der Waals surface area (Å²) >= 11 is 0. The second-order valence-electron chi connectivity index (χ2n) is 6.38. The highest BCUT2D eigenvalue weighted by molar-refractivity contribution is 5.97. The SMILES string of the molecule is COc1ccc(OC)c(C(=O)N2CCCC(N3CCNCC3=O)C2)c1. The Kier molecular flexibility index (Phi) is 5.43. The van der Waals surface area contributed by atoms with E-state index in [4.69, 9.17) is 9.47 Å². The molecule has 1 unspecified atom stereocenters. The molecule has 25 heavy (non-hydrogen) atoms. The highest BCUT2D eigenvalue weighted by atomic mass is 16.5. The number of nitrogens with one attached hydrogen (secondary N) is 1.